The van der Waals surface area contributed by atoms with Gasteiger partial charge in [-0.3, -0.25) is 0 Å². The molecule has 0 aliphatic carbocycles. The fraction of sp³-hybridized carbons (Fsp3) is 0.833. The number of nitrogens with one attached hydrogen (secondary N) is 1. The van der Waals surface area contributed by atoms with Gasteiger partial charge in [-0.2, -0.15) is 0 Å². The molecule has 1 aliphatic heterocycles. The largest absolute Gasteiger partial charge is 0.378 e. The molecular weight excluding hydrogens is 174 g/mol. The molecule has 0 amide bonds. The van der Waals surface area contributed by atoms with E-state index < -0.39 is 0 Å². The normalized spacial score (nSPS) is 29.1. The van der Waals surface area contributed by atoms with Gasteiger partial charge in [-0.25, -0.2) is 0 Å². The Morgan fingerprint density at radius 2 is 2.36 bits per heavy atom. The highest BCUT2D eigenvalue weighted by Gasteiger charge is 2.28. The topological polar surface area (TPSA) is 21.3 Å². The standard InChI is InChI=1S/C12H23NO/c1-5-13-12(6-9(2)3)11-7-10(4)14-8-11/h10-13H,2,5-8H2,1,3-4H3. The first-order valence-electron chi connectivity index (χ1n) is 5.62. The highest BCUT2D eigenvalue weighted by Crippen LogP contribution is 2.25. The molecule has 0 bridgehead atoms. The van der Waals surface area contributed by atoms with Crippen molar-refractivity contribution in [1.29, 1.82) is 0 Å². The zero-order chi connectivity index (χ0) is 10.6. The first-order valence-corrected chi connectivity index (χ1v) is 5.62. The quantitative estimate of drug-likeness (QED) is 0.683. The molecule has 82 valence electrons. The van der Waals surface area contributed by atoms with E-state index in [-0.39, 0.29) is 0 Å². The van der Waals surface area contributed by atoms with Gasteiger partial charge >= 0.3 is 0 Å². The molecule has 14 heavy (non-hydrogen) atoms. The van der Waals surface area contributed by atoms with E-state index in [2.05, 4.69) is 32.7 Å². The van der Waals surface area contributed by atoms with E-state index >= 15 is 0 Å². The Labute approximate surface area is 87.7 Å². The van der Waals surface area contributed by atoms with E-state index in [0.717, 1.165) is 19.6 Å². The van der Waals surface area contributed by atoms with E-state index in [1.54, 1.807) is 0 Å². The van der Waals surface area contributed by atoms with Gasteiger partial charge in [0.25, 0.3) is 0 Å². The molecule has 1 rings (SSSR count). The summed E-state index contributed by atoms with van der Waals surface area (Å²) in [4.78, 5) is 0. The molecule has 0 radical (unpaired) electrons. The third-order valence-corrected chi connectivity index (χ3v) is 2.83. The Morgan fingerprint density at radius 1 is 1.64 bits per heavy atom. The summed E-state index contributed by atoms with van der Waals surface area (Å²) < 4.78 is 5.60. The predicted molar refractivity (Wildman–Crippen MR) is 60.4 cm³/mol. The average Bonchev–Trinajstić information content (AvgIpc) is 2.50. The van der Waals surface area contributed by atoms with Crippen molar-refractivity contribution in [1.82, 2.24) is 5.32 Å². The maximum Gasteiger partial charge on any atom is 0.0551 e. The highest BCUT2D eigenvalue weighted by atomic mass is 16.5. The van der Waals surface area contributed by atoms with Crippen LogP contribution in [0.5, 0.6) is 0 Å². The van der Waals surface area contributed by atoms with Gasteiger partial charge in [0.2, 0.25) is 0 Å². The maximum absolute atomic E-state index is 5.60. The Bertz CT molecular complexity index is 191. The molecule has 3 unspecified atom stereocenters. The van der Waals surface area contributed by atoms with Crippen LogP contribution in [-0.4, -0.2) is 25.3 Å². The van der Waals surface area contributed by atoms with Gasteiger partial charge in [-0.15, -0.1) is 6.58 Å². The summed E-state index contributed by atoms with van der Waals surface area (Å²) in [5.41, 5.74) is 1.26. The van der Waals surface area contributed by atoms with Crippen molar-refractivity contribution in [3.63, 3.8) is 0 Å². The lowest BCUT2D eigenvalue weighted by Gasteiger charge is -2.23. The average molecular weight is 197 g/mol. The Kier molecular flexibility index (Phi) is 4.63. The molecule has 1 aliphatic rings. The maximum atomic E-state index is 5.60. The van der Waals surface area contributed by atoms with Crippen molar-refractivity contribution < 1.29 is 4.74 Å². The van der Waals surface area contributed by atoms with Crippen molar-refractivity contribution >= 4 is 0 Å². The predicted octanol–water partition coefficient (Wildman–Crippen LogP) is 2.36. The van der Waals surface area contributed by atoms with Crippen molar-refractivity contribution in [3.05, 3.63) is 12.2 Å². The Hall–Kier alpha value is -0.340. The fourth-order valence-electron chi connectivity index (χ4n) is 2.17. The molecule has 0 aromatic heterocycles. The lowest BCUT2D eigenvalue weighted by Crippen LogP contribution is -2.36. The van der Waals surface area contributed by atoms with Gasteiger partial charge in [0, 0.05) is 12.0 Å². The molecule has 2 nitrogen and oxygen atoms in total. The van der Waals surface area contributed by atoms with E-state index in [4.69, 9.17) is 4.74 Å². The minimum Gasteiger partial charge on any atom is -0.378 e. The Balaban J connectivity index is 2.44. The van der Waals surface area contributed by atoms with Crippen molar-refractivity contribution in [2.45, 2.75) is 45.8 Å². The van der Waals surface area contributed by atoms with Crippen LogP contribution in [0.25, 0.3) is 0 Å². The van der Waals surface area contributed by atoms with Gasteiger partial charge in [0.15, 0.2) is 0 Å². The van der Waals surface area contributed by atoms with Crippen LogP contribution in [0.3, 0.4) is 0 Å². The zero-order valence-corrected chi connectivity index (χ0v) is 9.68. The number of hydrogen-bond acceptors (Lipinski definition) is 2. The molecule has 1 fully saturated rings. The second kappa shape index (κ2) is 5.52. The van der Waals surface area contributed by atoms with Crippen molar-refractivity contribution in [3.8, 4) is 0 Å². The van der Waals surface area contributed by atoms with Gasteiger partial charge in [0.1, 0.15) is 0 Å². The lowest BCUT2D eigenvalue weighted by molar-refractivity contribution is 0.117. The van der Waals surface area contributed by atoms with Crippen LogP contribution in [0.1, 0.15) is 33.6 Å². The first kappa shape index (κ1) is 11.7. The summed E-state index contributed by atoms with van der Waals surface area (Å²) in [5.74, 6) is 0.668. The summed E-state index contributed by atoms with van der Waals surface area (Å²) in [6.45, 7) is 12.3. The van der Waals surface area contributed by atoms with E-state index in [9.17, 15) is 0 Å². The smallest absolute Gasteiger partial charge is 0.0551 e. The van der Waals surface area contributed by atoms with Crippen LogP contribution in [-0.2, 0) is 4.74 Å². The molecular formula is C12H23NO. The third kappa shape index (κ3) is 3.43. The zero-order valence-electron chi connectivity index (χ0n) is 9.68. The van der Waals surface area contributed by atoms with Crippen LogP contribution in [0.2, 0.25) is 0 Å². The van der Waals surface area contributed by atoms with E-state index in [0.29, 0.717) is 18.1 Å². The molecule has 0 spiro atoms. The van der Waals surface area contributed by atoms with Crippen molar-refractivity contribution in [2.75, 3.05) is 13.2 Å². The van der Waals surface area contributed by atoms with Crippen LogP contribution in [0, 0.1) is 5.92 Å². The van der Waals surface area contributed by atoms with Crippen LogP contribution < -0.4 is 5.32 Å². The second-order valence-electron chi connectivity index (χ2n) is 4.47. The Morgan fingerprint density at radius 3 is 2.79 bits per heavy atom. The van der Waals surface area contributed by atoms with Crippen molar-refractivity contribution in [2.24, 2.45) is 5.92 Å². The molecule has 2 heteroatoms. The SMILES string of the molecule is C=C(C)CC(NCC)C1COC(C)C1. The molecule has 0 saturated carbocycles. The third-order valence-electron chi connectivity index (χ3n) is 2.83. The van der Waals surface area contributed by atoms with Crippen LogP contribution in [0.15, 0.2) is 12.2 Å². The summed E-state index contributed by atoms with van der Waals surface area (Å²) in [5, 5.41) is 3.54. The minimum absolute atomic E-state index is 0.436. The molecule has 1 heterocycles. The number of ether oxygens (including phenoxy) is 1. The summed E-state index contributed by atoms with van der Waals surface area (Å²) >= 11 is 0. The van der Waals surface area contributed by atoms with Crippen LogP contribution in [0.4, 0.5) is 0 Å². The van der Waals surface area contributed by atoms with Gasteiger partial charge in [-0.05, 0) is 33.2 Å². The molecule has 1 N–H and O–H groups in total. The van der Waals surface area contributed by atoms with Crippen LogP contribution >= 0.6 is 0 Å². The highest BCUT2D eigenvalue weighted by molar-refractivity contribution is 4.96. The first-order chi connectivity index (χ1) is 6.63. The molecule has 0 aromatic carbocycles. The minimum atomic E-state index is 0.436. The molecule has 1 saturated heterocycles. The molecule has 0 aromatic rings. The van der Waals surface area contributed by atoms with Gasteiger partial charge in [-0.1, -0.05) is 12.5 Å². The fourth-order valence-corrected chi connectivity index (χ4v) is 2.17. The van der Waals surface area contributed by atoms with Gasteiger partial charge < -0.3 is 10.1 Å². The summed E-state index contributed by atoms with van der Waals surface area (Å²) in [6, 6.07) is 0.558. The lowest BCUT2D eigenvalue weighted by atomic mass is 9.92. The summed E-state index contributed by atoms with van der Waals surface area (Å²) in [6.07, 6.45) is 2.70. The monoisotopic (exact) mass is 197 g/mol. The number of rotatable bonds is 5. The van der Waals surface area contributed by atoms with Gasteiger partial charge in [0.05, 0.1) is 12.7 Å². The molecule has 3 atom stereocenters. The summed E-state index contributed by atoms with van der Waals surface area (Å²) in [7, 11) is 0. The second-order valence-corrected chi connectivity index (χ2v) is 4.47. The number of hydrogen-bond donors (Lipinski definition) is 1. The van der Waals surface area contributed by atoms with E-state index in [1.165, 1.54) is 12.0 Å². The van der Waals surface area contributed by atoms with E-state index in [1.807, 2.05) is 0 Å².